The second-order valence-electron chi connectivity index (χ2n) is 11.8. The molecule has 0 aromatic carbocycles. The van der Waals surface area contributed by atoms with Gasteiger partial charge in [-0.25, -0.2) is 0 Å². The van der Waals surface area contributed by atoms with E-state index in [1.165, 1.54) is 57.8 Å². The maximum absolute atomic E-state index is 10.8. The number of fused-ring (bicyclic) bond motifs is 2. The van der Waals surface area contributed by atoms with Crippen LogP contribution < -0.4 is 0 Å². The quantitative estimate of drug-likeness (QED) is 0.355. The minimum atomic E-state index is 0.544. The molecule has 5 rings (SSSR count). The molecule has 160 valence electrons. The predicted octanol–water partition coefficient (Wildman–Crippen LogP) is 7.82. The Bertz CT molecular complexity index is 597. The SMILES string of the molecule is CC.CC1CCCC23CC24CCC2(C)C(CCCC=O)CC[C@@]2(C)C4CCC13. The summed E-state index contributed by atoms with van der Waals surface area (Å²) >= 11 is 0. The Hall–Kier alpha value is -0.330. The van der Waals surface area contributed by atoms with E-state index in [4.69, 9.17) is 0 Å². The van der Waals surface area contributed by atoms with Gasteiger partial charge in [0.25, 0.3) is 0 Å². The van der Waals surface area contributed by atoms with E-state index in [0.717, 1.165) is 53.6 Å². The molecule has 28 heavy (non-hydrogen) atoms. The first-order valence-corrected chi connectivity index (χ1v) is 12.9. The van der Waals surface area contributed by atoms with Crippen molar-refractivity contribution < 1.29 is 4.79 Å². The molecular formula is C27H46O. The third-order valence-corrected chi connectivity index (χ3v) is 11.6. The number of hydrogen-bond acceptors (Lipinski definition) is 1. The van der Waals surface area contributed by atoms with Crippen molar-refractivity contribution >= 4 is 6.29 Å². The topological polar surface area (TPSA) is 17.1 Å². The summed E-state index contributed by atoms with van der Waals surface area (Å²) in [5.74, 6) is 3.93. The van der Waals surface area contributed by atoms with Crippen molar-refractivity contribution in [1.82, 2.24) is 0 Å². The van der Waals surface area contributed by atoms with Gasteiger partial charge in [0, 0.05) is 6.42 Å². The number of carbonyl (C=O) groups excluding carboxylic acids is 1. The molecule has 8 atom stereocenters. The summed E-state index contributed by atoms with van der Waals surface area (Å²) in [6, 6.07) is 0. The third kappa shape index (κ3) is 2.46. The average molecular weight is 387 g/mol. The maximum Gasteiger partial charge on any atom is 0.119 e. The molecule has 5 aliphatic carbocycles. The van der Waals surface area contributed by atoms with Crippen LogP contribution in [0.2, 0.25) is 0 Å². The highest BCUT2D eigenvalue weighted by atomic mass is 16.1. The number of unbranched alkanes of at least 4 members (excludes halogenated alkanes) is 1. The van der Waals surface area contributed by atoms with Gasteiger partial charge in [0.2, 0.25) is 0 Å². The Kier molecular flexibility index (Phi) is 5.32. The molecule has 1 nitrogen and oxygen atoms in total. The molecule has 1 heteroatoms. The van der Waals surface area contributed by atoms with Crippen molar-refractivity contribution in [2.45, 2.75) is 118 Å². The molecule has 0 radical (unpaired) electrons. The lowest BCUT2D eigenvalue weighted by Gasteiger charge is -2.61. The van der Waals surface area contributed by atoms with Crippen LogP contribution in [0.25, 0.3) is 0 Å². The largest absolute Gasteiger partial charge is 0.303 e. The lowest BCUT2D eigenvalue weighted by atomic mass is 9.43. The Morgan fingerprint density at radius 3 is 2.43 bits per heavy atom. The van der Waals surface area contributed by atoms with Gasteiger partial charge in [0.15, 0.2) is 0 Å². The van der Waals surface area contributed by atoms with Gasteiger partial charge < -0.3 is 4.79 Å². The summed E-state index contributed by atoms with van der Waals surface area (Å²) < 4.78 is 0. The van der Waals surface area contributed by atoms with E-state index >= 15 is 0 Å². The minimum absolute atomic E-state index is 0.544. The maximum atomic E-state index is 10.8. The normalized spacial score (nSPS) is 53.6. The van der Waals surface area contributed by atoms with Crippen LogP contribution in [0.3, 0.4) is 0 Å². The standard InChI is InChI=1S/C25H40O.C2H6/c1-18-7-6-12-24-17-25(24)15-14-22(2)19(8-4-5-16-26)11-13-23(22,3)21(25)10-9-20(18)24;1-2/h16,18-21H,4-15,17H2,1-3H3;1-2H3/t18?,19?,20?,21?,22?,23-,24?,25?;/m0./s1. The van der Waals surface area contributed by atoms with Gasteiger partial charge in [0.05, 0.1) is 0 Å². The van der Waals surface area contributed by atoms with E-state index < -0.39 is 0 Å². The zero-order valence-corrected chi connectivity index (χ0v) is 19.5. The molecule has 0 aliphatic heterocycles. The molecule has 5 fully saturated rings. The highest BCUT2D eigenvalue weighted by Gasteiger charge is 2.80. The lowest BCUT2D eigenvalue weighted by Crippen LogP contribution is -2.54. The summed E-state index contributed by atoms with van der Waals surface area (Å²) in [5, 5.41) is 0. The van der Waals surface area contributed by atoms with Crippen molar-refractivity contribution in [2.75, 3.05) is 0 Å². The van der Waals surface area contributed by atoms with E-state index in [0.29, 0.717) is 10.8 Å². The van der Waals surface area contributed by atoms with Gasteiger partial charge in [-0.3, -0.25) is 0 Å². The summed E-state index contributed by atoms with van der Waals surface area (Å²) in [6.45, 7) is 12.0. The van der Waals surface area contributed by atoms with Crippen molar-refractivity contribution in [3.8, 4) is 0 Å². The van der Waals surface area contributed by atoms with Crippen LogP contribution in [0, 0.1) is 45.3 Å². The number of rotatable bonds is 4. The fourth-order valence-corrected chi connectivity index (χ4v) is 10.1. The van der Waals surface area contributed by atoms with Crippen molar-refractivity contribution in [2.24, 2.45) is 45.3 Å². The summed E-state index contributed by atoms with van der Waals surface area (Å²) in [6.07, 6.45) is 19.5. The fraction of sp³-hybridized carbons (Fsp3) is 0.963. The monoisotopic (exact) mass is 386 g/mol. The van der Waals surface area contributed by atoms with Crippen LogP contribution in [0.5, 0.6) is 0 Å². The summed E-state index contributed by atoms with van der Waals surface area (Å²) in [4.78, 5) is 10.8. The molecule has 0 bridgehead atoms. The first-order valence-electron chi connectivity index (χ1n) is 12.9. The molecule has 2 spiro atoms. The van der Waals surface area contributed by atoms with Crippen molar-refractivity contribution in [1.29, 1.82) is 0 Å². The van der Waals surface area contributed by atoms with Crippen LogP contribution in [0.15, 0.2) is 0 Å². The number of hydrogen-bond donors (Lipinski definition) is 0. The Balaban J connectivity index is 0.000000932. The summed E-state index contributed by atoms with van der Waals surface area (Å²) in [7, 11) is 0. The second-order valence-corrected chi connectivity index (χ2v) is 11.8. The Morgan fingerprint density at radius 2 is 1.68 bits per heavy atom. The first kappa shape index (κ1) is 20.9. The van der Waals surface area contributed by atoms with E-state index in [1.807, 2.05) is 13.8 Å². The molecule has 0 N–H and O–H groups in total. The number of aldehydes is 1. The molecule has 0 saturated heterocycles. The van der Waals surface area contributed by atoms with E-state index in [1.54, 1.807) is 12.8 Å². The molecule has 0 heterocycles. The van der Waals surface area contributed by atoms with Crippen LogP contribution >= 0.6 is 0 Å². The highest BCUT2D eigenvalue weighted by molar-refractivity contribution is 5.49. The first-order chi connectivity index (χ1) is 13.4. The Morgan fingerprint density at radius 1 is 0.893 bits per heavy atom. The van der Waals surface area contributed by atoms with E-state index in [9.17, 15) is 4.79 Å². The van der Waals surface area contributed by atoms with Crippen LogP contribution in [-0.4, -0.2) is 6.29 Å². The molecular weight excluding hydrogens is 340 g/mol. The molecule has 0 aromatic heterocycles. The lowest BCUT2D eigenvalue weighted by molar-refractivity contribution is -0.128. The number of carbonyl (C=O) groups is 1. The van der Waals surface area contributed by atoms with Gasteiger partial charge in [-0.1, -0.05) is 47.5 Å². The molecule has 0 aromatic rings. The van der Waals surface area contributed by atoms with Gasteiger partial charge in [-0.15, -0.1) is 0 Å². The molecule has 5 saturated carbocycles. The van der Waals surface area contributed by atoms with Gasteiger partial charge in [-0.05, 0) is 110 Å². The van der Waals surface area contributed by atoms with Gasteiger partial charge in [-0.2, -0.15) is 0 Å². The zero-order chi connectivity index (χ0) is 20.2. The smallest absolute Gasteiger partial charge is 0.119 e. The van der Waals surface area contributed by atoms with E-state index in [2.05, 4.69) is 20.8 Å². The minimum Gasteiger partial charge on any atom is -0.303 e. The molecule has 0 amide bonds. The van der Waals surface area contributed by atoms with Crippen molar-refractivity contribution in [3.63, 3.8) is 0 Å². The molecule has 7 unspecified atom stereocenters. The van der Waals surface area contributed by atoms with Gasteiger partial charge >= 0.3 is 0 Å². The molecule has 5 aliphatic rings. The predicted molar refractivity (Wildman–Crippen MR) is 118 cm³/mol. The summed E-state index contributed by atoms with van der Waals surface area (Å²) in [5.41, 5.74) is 2.64. The average Bonchev–Trinajstić information content (AvgIpc) is 3.28. The highest BCUT2D eigenvalue weighted by Crippen LogP contribution is 2.88. The zero-order valence-electron chi connectivity index (χ0n) is 19.5. The van der Waals surface area contributed by atoms with E-state index in [-0.39, 0.29) is 0 Å². The van der Waals surface area contributed by atoms with Crippen LogP contribution in [-0.2, 0) is 4.79 Å². The third-order valence-electron chi connectivity index (χ3n) is 11.6. The second kappa shape index (κ2) is 7.12. The van der Waals surface area contributed by atoms with Crippen LogP contribution in [0.1, 0.15) is 118 Å². The van der Waals surface area contributed by atoms with Crippen LogP contribution in [0.4, 0.5) is 0 Å². The van der Waals surface area contributed by atoms with Crippen molar-refractivity contribution in [3.05, 3.63) is 0 Å². The fourth-order valence-electron chi connectivity index (χ4n) is 10.1. The Labute approximate surface area is 174 Å². The van der Waals surface area contributed by atoms with Gasteiger partial charge in [0.1, 0.15) is 6.29 Å².